The molecule has 7 atom stereocenters. The third kappa shape index (κ3) is 37.0. The molecular formula is C63H64Cl8N2O28. The van der Waals surface area contributed by atoms with Gasteiger partial charge in [-0.25, -0.2) is 14.4 Å². The van der Waals surface area contributed by atoms with Crippen LogP contribution in [0.2, 0.25) is 0 Å². The van der Waals surface area contributed by atoms with Crippen LogP contribution in [0.3, 0.4) is 0 Å². The molecule has 3 aromatic rings. The largest absolute Gasteiger partial charge is 0.491 e. The van der Waals surface area contributed by atoms with Crippen molar-refractivity contribution in [2.75, 3.05) is 132 Å². The molecule has 0 aliphatic carbocycles. The number of ether oxygens (including phenoxy) is 14. The van der Waals surface area contributed by atoms with E-state index in [1.165, 1.54) is 54.6 Å². The minimum Gasteiger partial charge on any atom is -0.491 e. The second-order valence-electron chi connectivity index (χ2n) is 22.2. The zero-order valence-corrected chi connectivity index (χ0v) is 59.1. The molecular weight excluding hydrogens is 1520 g/mol. The number of nitrogens with zero attached hydrogens (tertiary/aromatic N) is 2. The van der Waals surface area contributed by atoms with Gasteiger partial charge in [0.05, 0.1) is 82.4 Å². The Bertz CT molecular complexity index is 3350. The first kappa shape index (κ1) is 83.5. The van der Waals surface area contributed by atoms with Crippen LogP contribution in [-0.2, 0) is 90.3 Å². The Morgan fingerprint density at radius 1 is 0.297 bits per heavy atom. The molecule has 38 heteroatoms. The van der Waals surface area contributed by atoms with Gasteiger partial charge in [-0.05, 0) is 147 Å². The monoisotopic (exact) mass is 1580 g/mol. The van der Waals surface area contributed by atoms with E-state index in [0.717, 1.165) is 0 Å². The molecule has 550 valence electrons. The van der Waals surface area contributed by atoms with Gasteiger partial charge in [0.15, 0.2) is 0 Å². The van der Waals surface area contributed by atoms with Gasteiger partial charge in [-0.3, -0.25) is 62.5 Å². The summed E-state index contributed by atoms with van der Waals surface area (Å²) in [5.74, 6) is -2.87. The predicted octanol–water partition coefficient (Wildman–Crippen LogP) is 5.66. The smallest absolute Gasteiger partial charge is 0.338 e. The van der Waals surface area contributed by atoms with Crippen molar-refractivity contribution in [3.63, 3.8) is 0 Å². The van der Waals surface area contributed by atoms with Crippen molar-refractivity contribution in [3.8, 4) is 5.75 Å². The minimum absolute atomic E-state index is 0.00258. The molecule has 0 bridgehead atoms. The van der Waals surface area contributed by atoms with Gasteiger partial charge >= 0.3 is 35.8 Å². The van der Waals surface area contributed by atoms with Gasteiger partial charge in [0.25, 0.3) is 26.2 Å². The third-order valence-electron chi connectivity index (χ3n) is 13.6. The molecule has 7 heterocycles. The number of carbonyl (C=O) groups is 14. The van der Waals surface area contributed by atoms with Gasteiger partial charge in [-0.15, -0.1) is 0 Å². The summed E-state index contributed by atoms with van der Waals surface area (Å²) in [4.78, 5) is 162. The van der Waals surface area contributed by atoms with Crippen LogP contribution in [0, 0.1) is 0 Å². The molecule has 0 spiro atoms. The molecule has 30 nitrogen and oxygen atoms in total. The molecule has 7 fully saturated rings. The Balaban J connectivity index is 0.000000200. The molecule has 0 saturated carbocycles. The first-order valence-corrected chi connectivity index (χ1v) is 33.4. The maximum atomic E-state index is 12.0. The molecule has 10 rings (SSSR count). The Hall–Kier alpha value is -6.40. The molecule has 0 N–H and O–H groups in total. The van der Waals surface area contributed by atoms with Crippen molar-refractivity contribution in [1.29, 1.82) is 0 Å². The Morgan fingerprint density at radius 2 is 0.515 bits per heavy atom. The fourth-order valence-electron chi connectivity index (χ4n) is 7.57. The van der Waals surface area contributed by atoms with E-state index in [-0.39, 0.29) is 198 Å². The molecule has 7 unspecified atom stereocenters. The lowest BCUT2D eigenvalue weighted by molar-refractivity contribution is -0.148. The number of epoxide rings is 7. The maximum absolute atomic E-state index is 12.0. The third-order valence-corrected chi connectivity index (χ3v) is 15.2. The first-order chi connectivity index (χ1) is 48.0. The Labute approximate surface area is 615 Å². The highest BCUT2D eigenvalue weighted by Crippen LogP contribution is 2.24. The predicted molar refractivity (Wildman–Crippen MR) is 352 cm³/mol. The van der Waals surface area contributed by atoms with Gasteiger partial charge < -0.3 is 66.3 Å². The maximum Gasteiger partial charge on any atom is 0.338 e. The first-order valence-electron chi connectivity index (χ1n) is 30.4. The second-order valence-corrected chi connectivity index (χ2v) is 25.2. The normalized spacial score (nSPS) is 19.2. The highest BCUT2D eigenvalue weighted by atomic mass is 35.5. The van der Waals surface area contributed by atoms with Crippen molar-refractivity contribution in [3.05, 3.63) is 99.1 Å². The Kier molecular flexibility index (Phi) is 35.6. The summed E-state index contributed by atoms with van der Waals surface area (Å²) in [6, 6.07) is 11.8. The zero-order chi connectivity index (χ0) is 73.7. The van der Waals surface area contributed by atoms with Gasteiger partial charge in [0.2, 0.25) is 15.7 Å². The molecule has 7 aliphatic heterocycles. The van der Waals surface area contributed by atoms with Crippen LogP contribution < -0.4 is 4.74 Å². The lowest BCUT2D eigenvalue weighted by atomic mass is 10.1. The Morgan fingerprint density at radius 3 is 0.772 bits per heavy atom. The molecule has 7 saturated heterocycles. The van der Waals surface area contributed by atoms with E-state index >= 15 is 0 Å². The summed E-state index contributed by atoms with van der Waals surface area (Å²) in [6.07, 6.45) is 0.254. The lowest BCUT2D eigenvalue weighted by Crippen LogP contribution is -2.35. The summed E-state index contributed by atoms with van der Waals surface area (Å²) in [5.41, 5.74) is 0.494. The van der Waals surface area contributed by atoms with Crippen LogP contribution in [0.5, 0.6) is 5.75 Å². The van der Waals surface area contributed by atoms with Gasteiger partial charge in [0.1, 0.15) is 94.7 Å². The summed E-state index contributed by atoms with van der Waals surface area (Å²) in [6.45, 7) is 6.69. The van der Waals surface area contributed by atoms with E-state index in [9.17, 15) is 67.1 Å². The van der Waals surface area contributed by atoms with Crippen molar-refractivity contribution < 1.29 is 133 Å². The molecule has 0 amide bonds. The van der Waals surface area contributed by atoms with Crippen LogP contribution in [-0.4, -0.2) is 262 Å². The van der Waals surface area contributed by atoms with E-state index in [1.54, 1.807) is 9.80 Å². The van der Waals surface area contributed by atoms with E-state index in [1.807, 2.05) is 0 Å². The fraction of sp³-hybridized carbons (Fsp3) is 0.492. The van der Waals surface area contributed by atoms with E-state index in [0.29, 0.717) is 58.6 Å². The molecule has 3 aromatic carbocycles. The number of halogens is 8. The number of benzene rings is 3. The molecule has 0 aromatic heterocycles. The average molecular weight is 1580 g/mol. The number of hydrogen-bond donors (Lipinski definition) is 0. The van der Waals surface area contributed by atoms with Crippen LogP contribution in [0.1, 0.15) is 109 Å². The summed E-state index contributed by atoms with van der Waals surface area (Å²) >= 11 is 42.6. The van der Waals surface area contributed by atoms with Crippen molar-refractivity contribution >= 4 is 171 Å². The second kappa shape index (κ2) is 43.0. The van der Waals surface area contributed by atoms with Crippen LogP contribution in [0.25, 0.3) is 0 Å². The molecule has 0 radical (unpaired) electrons. The molecule has 7 aliphatic rings. The zero-order valence-electron chi connectivity index (χ0n) is 53.1. The number of carbonyl (C=O) groups excluding carboxylic acids is 14. The highest BCUT2D eigenvalue weighted by Gasteiger charge is 2.31. The van der Waals surface area contributed by atoms with Crippen LogP contribution in [0.15, 0.2) is 54.6 Å². The van der Waals surface area contributed by atoms with E-state index < -0.39 is 71.8 Å². The topological polar surface area (TPSA) is 398 Å². The van der Waals surface area contributed by atoms with E-state index in [4.69, 9.17) is 159 Å². The summed E-state index contributed by atoms with van der Waals surface area (Å²) in [5, 5.41) is -5.20. The summed E-state index contributed by atoms with van der Waals surface area (Å²) < 4.78 is 70.0. The van der Waals surface area contributed by atoms with Gasteiger partial charge in [-0.1, -0.05) is 0 Å². The SMILES string of the molecule is O=C(Cl)CCN(CCC(=O)Cl)CC(=O)OCC1CO1.O=C(Cl)CCN(CCC(=O)OCC1CO1)CC(=O)OCC1CO1.O=C(Cl)c1cc(C(=O)Cl)cc(C(=O)OCC2CO2)c1.O=C(Cl)c1cc(C(=O)OCC2CO2)cc(C(=O)OCC2CO2)c1.O=C(Cl)c1cc(OCC2CO2)cc(C(=O)Cl)c1. The summed E-state index contributed by atoms with van der Waals surface area (Å²) in [7, 11) is 0. The highest BCUT2D eigenvalue weighted by molar-refractivity contribution is 6.70. The average Bonchev–Trinajstić information content (AvgIpc) is 1.31. The van der Waals surface area contributed by atoms with Crippen LogP contribution in [0.4, 0.5) is 0 Å². The quantitative estimate of drug-likeness (QED) is 0.0288. The van der Waals surface area contributed by atoms with Crippen molar-refractivity contribution in [2.24, 2.45) is 0 Å². The standard InChI is InChI=1S/C15H13ClO7.C14H20ClNO7.C12H8Cl2O5.C11H15Cl2NO5.C11H8Cl2O4/c16-13(17)8-1-9(14(18)22-6-11-4-20-11)3-10(2-8)15(19)23-7-12-5-21-12;15-12(17)1-3-16(5-14(19)23-9-11-7-21-11)4-2-13(18)22-8-10-6-20-10;13-10(15)6-1-7(11(14)16)3-8(2-6)12(17)19-5-9-4-18-9;12-9(15)1-3-14(4-2-10(13)16)5-11(17)19-7-8-6-18-8;12-10(14)6-1-7(11(13)15)3-8(2-6)16-4-9-5-17-9/h1-3,11-12H,4-7H2;10-11H,1-9H2;1-3,9H,4-5H2;8H,1-7H2;1-3,9H,4-5H2. The fourth-order valence-corrected chi connectivity index (χ4v) is 8.37. The number of esters is 6. The minimum atomic E-state index is -0.792. The van der Waals surface area contributed by atoms with E-state index in [2.05, 4.69) is 0 Å². The van der Waals surface area contributed by atoms with Gasteiger partial charge in [0, 0.05) is 73.3 Å². The number of hydrogen-bond acceptors (Lipinski definition) is 30. The number of rotatable bonds is 39. The van der Waals surface area contributed by atoms with Crippen molar-refractivity contribution in [2.45, 2.75) is 68.4 Å². The van der Waals surface area contributed by atoms with Crippen LogP contribution >= 0.6 is 92.8 Å². The molecule has 101 heavy (non-hydrogen) atoms. The lowest BCUT2D eigenvalue weighted by Gasteiger charge is -2.20. The van der Waals surface area contributed by atoms with Gasteiger partial charge in [-0.2, -0.15) is 0 Å². The van der Waals surface area contributed by atoms with Crippen molar-refractivity contribution in [1.82, 2.24) is 9.80 Å².